The van der Waals surface area contributed by atoms with Crippen LogP contribution in [0, 0.1) is 0 Å². The van der Waals surface area contributed by atoms with Crippen LogP contribution in [-0.4, -0.2) is 34.3 Å². The molecule has 1 fully saturated rings. The van der Waals surface area contributed by atoms with E-state index in [1.54, 1.807) is 24.1 Å². The van der Waals surface area contributed by atoms with Gasteiger partial charge in [0.1, 0.15) is 0 Å². The van der Waals surface area contributed by atoms with Gasteiger partial charge in [-0.25, -0.2) is 0 Å². The Morgan fingerprint density at radius 1 is 0.903 bits per heavy atom. The lowest BCUT2D eigenvalue weighted by Gasteiger charge is -2.21. The predicted molar refractivity (Wildman–Crippen MR) is 123 cm³/mol. The second kappa shape index (κ2) is 9.18. The molecule has 0 aliphatic carbocycles. The third kappa shape index (κ3) is 4.86. The Hall–Kier alpha value is -3.38. The highest BCUT2D eigenvalue weighted by molar-refractivity contribution is 8.15. The number of nitrogens with one attached hydrogen (secondary N) is 1. The van der Waals surface area contributed by atoms with E-state index < -0.39 is 5.25 Å². The largest absolute Gasteiger partial charge is 0.337 e. The van der Waals surface area contributed by atoms with Gasteiger partial charge in [-0.05, 0) is 46.9 Å². The van der Waals surface area contributed by atoms with Crippen LogP contribution in [0.25, 0.3) is 11.1 Å². The van der Waals surface area contributed by atoms with Gasteiger partial charge in [0.2, 0.25) is 5.91 Å². The van der Waals surface area contributed by atoms with Gasteiger partial charge in [0, 0.05) is 19.2 Å². The van der Waals surface area contributed by atoms with E-state index in [4.69, 9.17) is 0 Å². The minimum absolute atomic E-state index is 0.0696. The van der Waals surface area contributed by atoms with Gasteiger partial charge in [-0.15, -0.1) is 0 Å². The normalized spacial score (nSPS) is 15.6. The Balaban J connectivity index is 1.64. The Labute approximate surface area is 185 Å². The highest BCUT2D eigenvalue weighted by Crippen LogP contribution is 2.28. The lowest BCUT2D eigenvalue weighted by atomic mass is 9.96. The van der Waals surface area contributed by atoms with E-state index in [0.29, 0.717) is 18.5 Å². The Morgan fingerprint density at radius 2 is 1.58 bits per heavy atom. The van der Waals surface area contributed by atoms with Crippen molar-refractivity contribution in [3.8, 4) is 11.1 Å². The third-order valence-electron chi connectivity index (χ3n) is 5.26. The van der Waals surface area contributed by atoms with Crippen molar-refractivity contribution in [2.24, 2.45) is 0 Å². The maximum atomic E-state index is 12.9. The molecule has 1 heterocycles. The molecule has 1 unspecified atom stereocenters. The average Bonchev–Trinajstić information content (AvgIpc) is 3.12. The van der Waals surface area contributed by atoms with Crippen molar-refractivity contribution >= 4 is 28.8 Å². The molecule has 4 rings (SSSR count). The summed E-state index contributed by atoms with van der Waals surface area (Å²) in [6, 6.07) is 25.3. The lowest BCUT2D eigenvalue weighted by molar-refractivity contribution is -0.118. The lowest BCUT2D eigenvalue weighted by Crippen LogP contribution is -2.28. The number of thioether (sulfide) groups is 1. The molecule has 3 amide bonds. The van der Waals surface area contributed by atoms with Crippen LogP contribution in [0.1, 0.15) is 21.5 Å². The van der Waals surface area contributed by atoms with E-state index in [1.165, 1.54) is 0 Å². The SMILES string of the molecule is CN(Cc1cc(-c2ccccc2)ccc1CC1SC(=O)NC1=O)C(=O)c1ccccc1. The molecule has 156 valence electrons. The van der Waals surface area contributed by atoms with E-state index >= 15 is 0 Å². The van der Waals surface area contributed by atoms with Crippen molar-refractivity contribution in [2.45, 2.75) is 18.2 Å². The number of carbonyl (C=O) groups excluding carboxylic acids is 3. The molecule has 1 saturated heterocycles. The van der Waals surface area contributed by atoms with Crippen LogP contribution in [0.15, 0.2) is 78.9 Å². The van der Waals surface area contributed by atoms with E-state index in [2.05, 4.69) is 11.4 Å². The molecule has 0 saturated carbocycles. The second-order valence-corrected chi connectivity index (χ2v) is 8.64. The summed E-state index contributed by atoms with van der Waals surface area (Å²) in [5.41, 5.74) is 4.66. The first-order valence-electron chi connectivity index (χ1n) is 10.0. The number of rotatable bonds is 6. The number of nitrogens with zero attached hydrogens (tertiary/aromatic N) is 1. The fourth-order valence-electron chi connectivity index (χ4n) is 3.64. The molecular formula is C25H22N2O3S. The van der Waals surface area contributed by atoms with Gasteiger partial charge in [0.05, 0.1) is 5.25 Å². The predicted octanol–water partition coefficient (Wildman–Crippen LogP) is 4.52. The van der Waals surface area contributed by atoms with E-state index in [-0.39, 0.29) is 17.1 Å². The first kappa shape index (κ1) is 20.9. The van der Waals surface area contributed by atoms with Crippen molar-refractivity contribution in [1.29, 1.82) is 0 Å². The summed E-state index contributed by atoms with van der Waals surface area (Å²) in [6.45, 7) is 0.399. The van der Waals surface area contributed by atoms with Crippen LogP contribution in [-0.2, 0) is 17.8 Å². The van der Waals surface area contributed by atoms with E-state index in [1.807, 2.05) is 60.7 Å². The molecule has 5 nitrogen and oxygen atoms in total. The van der Waals surface area contributed by atoms with Crippen LogP contribution >= 0.6 is 11.8 Å². The summed E-state index contributed by atoms with van der Waals surface area (Å²) < 4.78 is 0. The molecule has 1 atom stereocenters. The minimum Gasteiger partial charge on any atom is -0.337 e. The topological polar surface area (TPSA) is 66.5 Å². The standard InChI is InChI=1S/C25H22N2O3S/c1-27(24(29)18-10-6-3-7-11-18)16-21-14-19(17-8-4-2-5-9-17)12-13-20(21)15-22-23(28)26-25(30)31-22/h2-14,22H,15-16H2,1H3,(H,26,28,30). The van der Waals surface area contributed by atoms with Crippen LogP contribution in [0.4, 0.5) is 4.79 Å². The molecule has 0 bridgehead atoms. The Bertz CT molecular complexity index is 1120. The van der Waals surface area contributed by atoms with Crippen LogP contribution < -0.4 is 5.32 Å². The van der Waals surface area contributed by atoms with Crippen LogP contribution in [0.2, 0.25) is 0 Å². The third-order valence-corrected chi connectivity index (χ3v) is 6.24. The fraction of sp³-hybridized carbons (Fsp3) is 0.160. The molecule has 0 radical (unpaired) electrons. The second-order valence-electron chi connectivity index (χ2n) is 7.46. The van der Waals surface area contributed by atoms with Gasteiger partial charge in [0.15, 0.2) is 0 Å². The molecular weight excluding hydrogens is 408 g/mol. The van der Waals surface area contributed by atoms with E-state index in [9.17, 15) is 14.4 Å². The maximum Gasteiger partial charge on any atom is 0.286 e. The van der Waals surface area contributed by atoms with Crippen LogP contribution in [0.3, 0.4) is 0 Å². The van der Waals surface area contributed by atoms with Crippen molar-refractivity contribution in [1.82, 2.24) is 10.2 Å². The minimum atomic E-state index is -0.455. The smallest absolute Gasteiger partial charge is 0.286 e. The zero-order valence-corrected chi connectivity index (χ0v) is 17.9. The van der Waals surface area contributed by atoms with Crippen molar-refractivity contribution < 1.29 is 14.4 Å². The highest BCUT2D eigenvalue weighted by atomic mass is 32.2. The zero-order valence-electron chi connectivity index (χ0n) is 17.1. The average molecular weight is 431 g/mol. The summed E-state index contributed by atoms with van der Waals surface area (Å²) in [5, 5.41) is 1.58. The molecule has 1 N–H and O–H groups in total. The van der Waals surface area contributed by atoms with Crippen molar-refractivity contribution in [3.05, 3.63) is 95.6 Å². The molecule has 1 aliphatic rings. The Kier molecular flexibility index (Phi) is 6.18. The number of benzene rings is 3. The maximum absolute atomic E-state index is 12.9. The van der Waals surface area contributed by atoms with Crippen molar-refractivity contribution in [2.75, 3.05) is 7.05 Å². The van der Waals surface area contributed by atoms with E-state index in [0.717, 1.165) is 34.0 Å². The van der Waals surface area contributed by atoms with Crippen molar-refractivity contribution in [3.63, 3.8) is 0 Å². The molecule has 0 spiro atoms. The summed E-state index contributed by atoms with van der Waals surface area (Å²) in [4.78, 5) is 38.2. The first-order chi connectivity index (χ1) is 15.0. The zero-order chi connectivity index (χ0) is 21.8. The summed E-state index contributed by atoms with van der Waals surface area (Å²) in [5.74, 6) is -0.332. The Morgan fingerprint density at radius 3 is 2.23 bits per heavy atom. The number of hydrogen-bond donors (Lipinski definition) is 1. The molecule has 3 aromatic carbocycles. The molecule has 31 heavy (non-hydrogen) atoms. The molecule has 1 aliphatic heterocycles. The molecule has 3 aromatic rings. The van der Waals surface area contributed by atoms with Gasteiger partial charge in [-0.1, -0.05) is 72.4 Å². The number of imide groups is 1. The number of hydrogen-bond acceptors (Lipinski definition) is 4. The molecule has 6 heteroatoms. The highest BCUT2D eigenvalue weighted by Gasteiger charge is 2.32. The van der Waals surface area contributed by atoms with Gasteiger partial charge in [-0.2, -0.15) is 0 Å². The van der Waals surface area contributed by atoms with Gasteiger partial charge in [0.25, 0.3) is 11.1 Å². The van der Waals surface area contributed by atoms with Gasteiger partial charge >= 0.3 is 0 Å². The summed E-state index contributed by atoms with van der Waals surface area (Å²) in [7, 11) is 1.77. The number of amides is 3. The number of carbonyl (C=O) groups is 3. The quantitative estimate of drug-likeness (QED) is 0.624. The monoisotopic (exact) mass is 430 g/mol. The molecule has 0 aromatic heterocycles. The first-order valence-corrected chi connectivity index (χ1v) is 10.9. The van der Waals surface area contributed by atoms with Gasteiger partial charge < -0.3 is 4.90 Å². The summed E-state index contributed by atoms with van der Waals surface area (Å²) in [6.07, 6.45) is 0.431. The van der Waals surface area contributed by atoms with Gasteiger partial charge in [-0.3, -0.25) is 19.7 Å². The fourth-order valence-corrected chi connectivity index (χ4v) is 4.49. The van der Waals surface area contributed by atoms with Crippen LogP contribution in [0.5, 0.6) is 0 Å². The summed E-state index contributed by atoms with van der Waals surface area (Å²) >= 11 is 1.02.